The normalized spacial score (nSPS) is 11.1. The van der Waals surface area contributed by atoms with Gasteiger partial charge >= 0.3 is 0 Å². The first-order chi connectivity index (χ1) is 16.2. The van der Waals surface area contributed by atoms with Gasteiger partial charge in [-0.15, -0.1) is 9.24 Å². The van der Waals surface area contributed by atoms with Gasteiger partial charge in [-0.3, -0.25) is 4.67 Å². The van der Waals surface area contributed by atoms with Gasteiger partial charge in [-0.2, -0.15) is 11.8 Å². The maximum Gasteiger partial charge on any atom is 0.0891 e. The maximum absolute atomic E-state index is 3.28. The SMILES string of the molecule is CSCCCN(P(c1ccccc1)c1ccccc1)C(P)(c1ccccc1)c1ccccc1.[CH3-].[Ni]. The minimum absolute atomic E-state index is 0. The minimum Gasteiger partial charge on any atom is -0.358 e. The fraction of sp³-hybridized carbons (Fsp3) is 0.167. The summed E-state index contributed by atoms with van der Waals surface area (Å²) in [5, 5.41) is 2.40. The molecule has 0 N–H and O–H groups in total. The van der Waals surface area contributed by atoms with E-state index in [-0.39, 0.29) is 29.2 Å². The first-order valence-electron chi connectivity index (χ1n) is 11.3. The zero-order valence-electron chi connectivity index (χ0n) is 20.4. The van der Waals surface area contributed by atoms with Crippen LogP contribution in [0.25, 0.3) is 0 Å². The quantitative estimate of drug-likeness (QED) is 0.0865. The van der Waals surface area contributed by atoms with E-state index in [0.717, 1.165) is 18.7 Å². The topological polar surface area (TPSA) is 3.24 Å². The summed E-state index contributed by atoms with van der Waals surface area (Å²) in [4.78, 5) is 0. The summed E-state index contributed by atoms with van der Waals surface area (Å²) < 4.78 is 2.75. The zero-order valence-corrected chi connectivity index (χ0v) is 24.2. The third-order valence-electron chi connectivity index (χ3n) is 5.80. The van der Waals surface area contributed by atoms with Gasteiger partial charge in [0.05, 0.1) is 5.28 Å². The Morgan fingerprint density at radius 3 is 1.43 bits per heavy atom. The van der Waals surface area contributed by atoms with Crippen molar-refractivity contribution in [3.8, 4) is 0 Å². The average Bonchev–Trinajstić information content (AvgIpc) is 2.90. The summed E-state index contributed by atoms with van der Waals surface area (Å²) in [7, 11) is 2.51. The zero-order chi connectivity index (χ0) is 22.9. The standard InChI is InChI=1S/C29H31NP2S.CH3.Ni/c1-33-24-14-23-30(32(27-19-10-4-11-20-27)28-21-12-5-13-22-28)29(31,25-15-6-2-7-16-25)26-17-8-3-9-18-26;;/h2-13,15-22H,14,23-24,31H2,1H3;1H3;/q;-1;. The van der Waals surface area contributed by atoms with Gasteiger partial charge in [-0.1, -0.05) is 121 Å². The molecule has 1 nitrogen and oxygen atoms in total. The van der Waals surface area contributed by atoms with Crippen LogP contribution in [0.4, 0.5) is 0 Å². The van der Waals surface area contributed by atoms with Crippen LogP contribution in [0.3, 0.4) is 0 Å². The van der Waals surface area contributed by atoms with Crippen molar-refractivity contribution in [3.63, 3.8) is 0 Å². The molecule has 1 atom stereocenters. The Balaban J connectivity index is 0.00000216. The number of hydrogen-bond acceptors (Lipinski definition) is 2. The molecule has 0 heterocycles. The molecule has 0 saturated heterocycles. The summed E-state index contributed by atoms with van der Waals surface area (Å²) in [5.74, 6) is 1.15. The molecule has 4 aromatic rings. The van der Waals surface area contributed by atoms with Crippen LogP contribution in [0.2, 0.25) is 0 Å². The first kappa shape index (κ1) is 29.8. The van der Waals surface area contributed by atoms with Gasteiger partial charge in [0.1, 0.15) is 0 Å². The summed E-state index contributed by atoms with van der Waals surface area (Å²) in [5.41, 5.74) is 2.59. The molecule has 0 aliphatic rings. The fourth-order valence-electron chi connectivity index (χ4n) is 4.21. The molecule has 4 rings (SSSR count). The molecular weight excluding hydrogens is 527 g/mol. The van der Waals surface area contributed by atoms with E-state index in [2.05, 4.69) is 141 Å². The molecule has 0 bridgehead atoms. The predicted molar refractivity (Wildman–Crippen MR) is 159 cm³/mol. The number of thioether (sulfide) groups is 1. The second kappa shape index (κ2) is 14.9. The van der Waals surface area contributed by atoms with Crippen LogP contribution in [0, 0.1) is 7.43 Å². The van der Waals surface area contributed by atoms with Crippen LogP contribution in [0.15, 0.2) is 121 Å². The van der Waals surface area contributed by atoms with Gasteiger partial charge in [0.2, 0.25) is 0 Å². The molecule has 0 aliphatic heterocycles. The van der Waals surface area contributed by atoms with Crippen molar-refractivity contribution >= 4 is 39.7 Å². The summed E-state index contributed by atoms with van der Waals surface area (Å²) in [6.07, 6.45) is 3.33. The molecule has 5 heteroatoms. The van der Waals surface area contributed by atoms with E-state index in [1.807, 2.05) is 11.8 Å². The van der Waals surface area contributed by atoms with E-state index in [4.69, 9.17) is 0 Å². The molecule has 186 valence electrons. The summed E-state index contributed by atoms with van der Waals surface area (Å²) in [6.45, 7) is 1.00. The van der Waals surface area contributed by atoms with E-state index < -0.39 is 8.07 Å². The van der Waals surface area contributed by atoms with Crippen LogP contribution in [0.5, 0.6) is 0 Å². The van der Waals surface area contributed by atoms with Crippen molar-refractivity contribution in [1.29, 1.82) is 0 Å². The van der Waals surface area contributed by atoms with Gasteiger partial charge in [-0.05, 0) is 40.2 Å². The molecule has 0 aromatic heterocycles. The smallest absolute Gasteiger partial charge is 0.0891 e. The van der Waals surface area contributed by atoms with Crippen LogP contribution < -0.4 is 10.6 Å². The van der Waals surface area contributed by atoms with E-state index >= 15 is 0 Å². The second-order valence-electron chi connectivity index (χ2n) is 7.95. The van der Waals surface area contributed by atoms with Gasteiger partial charge in [0.25, 0.3) is 0 Å². The number of nitrogens with zero attached hydrogens (tertiary/aromatic N) is 1. The van der Waals surface area contributed by atoms with Gasteiger partial charge in [-0.25, -0.2) is 0 Å². The predicted octanol–water partition coefficient (Wildman–Crippen LogP) is 7.31. The van der Waals surface area contributed by atoms with Crippen molar-refractivity contribution in [3.05, 3.63) is 140 Å². The number of benzene rings is 4. The molecule has 35 heavy (non-hydrogen) atoms. The van der Waals surface area contributed by atoms with Crippen LogP contribution in [0.1, 0.15) is 17.5 Å². The summed E-state index contributed by atoms with van der Waals surface area (Å²) >= 11 is 1.92. The molecular formula is C30H34NNiP2S-. The van der Waals surface area contributed by atoms with E-state index in [1.54, 1.807) is 0 Å². The molecule has 0 fully saturated rings. The molecule has 0 saturated carbocycles. The minimum atomic E-state index is -0.763. The first-order valence-corrected chi connectivity index (χ1v) is 14.6. The maximum atomic E-state index is 3.28. The molecule has 0 spiro atoms. The molecule has 0 radical (unpaired) electrons. The third kappa shape index (κ3) is 7.07. The van der Waals surface area contributed by atoms with Crippen LogP contribution in [-0.2, 0) is 21.8 Å². The van der Waals surface area contributed by atoms with Crippen molar-refractivity contribution in [2.24, 2.45) is 0 Å². The molecule has 0 aliphatic carbocycles. The van der Waals surface area contributed by atoms with E-state index in [0.29, 0.717) is 0 Å². The molecule has 0 amide bonds. The Hall–Kier alpha value is -1.46. The average molecular weight is 561 g/mol. The third-order valence-corrected chi connectivity index (χ3v) is 10.3. The van der Waals surface area contributed by atoms with Gasteiger partial charge in [0.15, 0.2) is 0 Å². The van der Waals surface area contributed by atoms with Gasteiger partial charge < -0.3 is 7.43 Å². The van der Waals surface area contributed by atoms with E-state index in [9.17, 15) is 0 Å². The van der Waals surface area contributed by atoms with Gasteiger partial charge in [0, 0.05) is 31.1 Å². The van der Waals surface area contributed by atoms with E-state index in [1.165, 1.54) is 21.7 Å². The number of rotatable bonds is 10. The summed E-state index contributed by atoms with van der Waals surface area (Å²) in [6, 6.07) is 44.0. The second-order valence-corrected chi connectivity index (χ2v) is 11.9. The van der Waals surface area contributed by atoms with Crippen molar-refractivity contribution in [2.75, 3.05) is 18.6 Å². The molecule has 4 aromatic carbocycles. The Morgan fingerprint density at radius 1 is 0.686 bits per heavy atom. The Kier molecular flexibility index (Phi) is 12.7. The Labute approximate surface area is 230 Å². The van der Waals surface area contributed by atoms with Crippen molar-refractivity contribution < 1.29 is 16.5 Å². The monoisotopic (exact) mass is 560 g/mol. The van der Waals surface area contributed by atoms with Crippen molar-refractivity contribution in [1.82, 2.24) is 4.67 Å². The number of hydrogen-bond donors (Lipinski definition) is 0. The van der Waals surface area contributed by atoms with Crippen molar-refractivity contribution in [2.45, 2.75) is 11.7 Å². The molecule has 1 unspecified atom stereocenters. The van der Waals surface area contributed by atoms with Crippen LogP contribution >= 0.6 is 29.1 Å². The Bertz CT molecular complexity index is 1020. The largest absolute Gasteiger partial charge is 0.358 e. The van der Waals surface area contributed by atoms with Crippen LogP contribution in [-0.4, -0.2) is 23.2 Å². The fourth-order valence-corrected chi connectivity index (χ4v) is 8.14. The Morgan fingerprint density at radius 2 is 1.06 bits per heavy atom.